The van der Waals surface area contributed by atoms with Gasteiger partial charge in [0.25, 0.3) is 5.91 Å². The van der Waals surface area contributed by atoms with Crippen LogP contribution in [0.5, 0.6) is 0 Å². The van der Waals surface area contributed by atoms with E-state index >= 15 is 0 Å². The van der Waals surface area contributed by atoms with Gasteiger partial charge in [0.2, 0.25) is 11.8 Å². The molecule has 7 heteroatoms. The molecule has 0 radical (unpaired) electrons. The second-order valence-electron chi connectivity index (χ2n) is 6.59. The van der Waals surface area contributed by atoms with Gasteiger partial charge in [0.05, 0.1) is 18.3 Å². The lowest BCUT2D eigenvalue weighted by Crippen LogP contribution is -2.34. The zero-order chi connectivity index (χ0) is 17.7. The fourth-order valence-corrected chi connectivity index (χ4v) is 2.88. The molecule has 0 aromatic carbocycles. The summed E-state index contributed by atoms with van der Waals surface area (Å²) in [7, 11) is 0. The van der Waals surface area contributed by atoms with E-state index in [1.54, 1.807) is 0 Å². The summed E-state index contributed by atoms with van der Waals surface area (Å²) in [4.78, 5) is 48.8. The number of fused-ring (bicyclic) bond motifs is 1. The second kappa shape index (κ2) is 8.08. The highest BCUT2D eigenvalue weighted by molar-refractivity contribution is 6.05. The average Bonchev–Trinajstić information content (AvgIpc) is 2.80. The predicted octanol–water partition coefficient (Wildman–Crippen LogP) is 0.643. The molecule has 0 aromatic heterocycles. The molecule has 2 rings (SSSR count). The van der Waals surface area contributed by atoms with Crippen LogP contribution in [0.1, 0.15) is 33.1 Å². The first kappa shape index (κ1) is 18.2. The van der Waals surface area contributed by atoms with Crippen molar-refractivity contribution in [2.75, 3.05) is 19.7 Å². The summed E-state index contributed by atoms with van der Waals surface area (Å²) < 4.78 is 4.87. The highest BCUT2D eigenvalue weighted by Gasteiger charge is 2.46. The van der Waals surface area contributed by atoms with Crippen molar-refractivity contribution in [1.29, 1.82) is 0 Å². The summed E-state index contributed by atoms with van der Waals surface area (Å²) in [6.45, 7) is 4.11. The third-order valence-corrected chi connectivity index (χ3v) is 4.21. The first-order valence-corrected chi connectivity index (χ1v) is 8.32. The predicted molar refractivity (Wildman–Crippen MR) is 85.5 cm³/mol. The Morgan fingerprint density at radius 1 is 1.21 bits per heavy atom. The van der Waals surface area contributed by atoms with Gasteiger partial charge in [-0.2, -0.15) is 0 Å². The van der Waals surface area contributed by atoms with Gasteiger partial charge < -0.3 is 10.1 Å². The number of ether oxygens (including phenoxy) is 1. The molecule has 2 atom stereocenters. The number of imide groups is 1. The van der Waals surface area contributed by atoms with Gasteiger partial charge in [-0.1, -0.05) is 26.0 Å². The van der Waals surface area contributed by atoms with Crippen molar-refractivity contribution >= 4 is 23.7 Å². The van der Waals surface area contributed by atoms with E-state index in [1.807, 2.05) is 26.0 Å². The number of nitrogens with zero attached hydrogens (tertiary/aromatic N) is 1. The first-order valence-electron chi connectivity index (χ1n) is 8.32. The van der Waals surface area contributed by atoms with Gasteiger partial charge in [0, 0.05) is 13.1 Å². The quantitative estimate of drug-likeness (QED) is 0.418. The third-order valence-electron chi connectivity index (χ3n) is 4.21. The third kappa shape index (κ3) is 4.43. The van der Waals surface area contributed by atoms with E-state index in [4.69, 9.17) is 4.74 Å². The molecular weight excluding hydrogens is 312 g/mol. The lowest BCUT2D eigenvalue weighted by atomic mass is 9.85. The molecule has 132 valence electrons. The Morgan fingerprint density at radius 2 is 1.79 bits per heavy atom. The summed E-state index contributed by atoms with van der Waals surface area (Å²) in [5.41, 5.74) is 0. The van der Waals surface area contributed by atoms with Gasteiger partial charge in [0.1, 0.15) is 0 Å². The van der Waals surface area contributed by atoms with E-state index in [9.17, 15) is 19.2 Å². The standard InChI is InChI=1S/C17H24N2O5/c1-11(2)9-18-14(20)10-24-15(21)7-8-19-16(22)12-5-3-4-6-13(12)17(19)23/h3-4,11-13H,5-10H2,1-2H3,(H,18,20)/t12-,13+. The van der Waals surface area contributed by atoms with Crippen LogP contribution >= 0.6 is 0 Å². The normalized spacial score (nSPS) is 22.7. The van der Waals surface area contributed by atoms with E-state index in [-0.39, 0.29) is 49.1 Å². The number of nitrogens with one attached hydrogen (secondary N) is 1. The molecule has 1 heterocycles. The SMILES string of the molecule is CC(C)CNC(=O)COC(=O)CCN1C(=O)[C@H]2CC=CC[C@H]2C1=O. The number of rotatable bonds is 7. The van der Waals surface area contributed by atoms with Crippen LogP contribution in [0.4, 0.5) is 0 Å². The zero-order valence-electron chi connectivity index (χ0n) is 14.1. The van der Waals surface area contributed by atoms with Crippen molar-refractivity contribution < 1.29 is 23.9 Å². The monoisotopic (exact) mass is 336 g/mol. The molecule has 0 saturated carbocycles. The number of hydrogen-bond donors (Lipinski definition) is 1. The average molecular weight is 336 g/mol. The van der Waals surface area contributed by atoms with E-state index < -0.39 is 5.97 Å². The molecule has 1 aliphatic heterocycles. The van der Waals surface area contributed by atoms with E-state index in [0.717, 1.165) is 4.90 Å². The maximum absolute atomic E-state index is 12.2. The maximum atomic E-state index is 12.2. The molecule has 0 bridgehead atoms. The number of amides is 3. The van der Waals surface area contributed by atoms with E-state index in [0.29, 0.717) is 25.3 Å². The number of carbonyl (C=O) groups excluding carboxylic acids is 4. The molecule has 1 fully saturated rings. The van der Waals surface area contributed by atoms with Crippen LogP contribution in [0.2, 0.25) is 0 Å². The Morgan fingerprint density at radius 3 is 2.33 bits per heavy atom. The highest BCUT2D eigenvalue weighted by Crippen LogP contribution is 2.34. The fourth-order valence-electron chi connectivity index (χ4n) is 2.88. The molecule has 1 aliphatic carbocycles. The summed E-state index contributed by atoms with van der Waals surface area (Å²) in [5, 5.41) is 2.64. The first-order chi connectivity index (χ1) is 11.4. The smallest absolute Gasteiger partial charge is 0.308 e. The largest absolute Gasteiger partial charge is 0.456 e. The lowest BCUT2D eigenvalue weighted by molar-refractivity contribution is -0.150. The Bertz CT molecular complexity index is 529. The van der Waals surface area contributed by atoms with Crippen LogP contribution in [0.25, 0.3) is 0 Å². The number of hydrogen-bond acceptors (Lipinski definition) is 5. The highest BCUT2D eigenvalue weighted by atomic mass is 16.5. The Labute approximate surface area is 141 Å². The number of esters is 1. The number of likely N-dealkylation sites (tertiary alicyclic amines) is 1. The molecular formula is C17H24N2O5. The van der Waals surface area contributed by atoms with Crippen molar-refractivity contribution in [3.8, 4) is 0 Å². The maximum Gasteiger partial charge on any atom is 0.308 e. The van der Waals surface area contributed by atoms with E-state index in [2.05, 4.69) is 5.32 Å². The van der Waals surface area contributed by atoms with E-state index in [1.165, 1.54) is 0 Å². The van der Waals surface area contributed by atoms with Crippen LogP contribution in [0.3, 0.4) is 0 Å². The summed E-state index contributed by atoms with van der Waals surface area (Å²) in [6.07, 6.45) is 4.89. The van der Waals surface area contributed by atoms with Gasteiger partial charge >= 0.3 is 5.97 Å². The van der Waals surface area contributed by atoms with Gasteiger partial charge in [0.15, 0.2) is 6.61 Å². The molecule has 1 saturated heterocycles. The fraction of sp³-hybridized carbons (Fsp3) is 0.647. The van der Waals surface area contributed by atoms with Crippen molar-refractivity contribution in [3.63, 3.8) is 0 Å². The van der Waals surface area contributed by atoms with Crippen LogP contribution in [-0.2, 0) is 23.9 Å². The Kier molecular flexibility index (Phi) is 6.11. The van der Waals surface area contributed by atoms with Crippen LogP contribution in [-0.4, -0.2) is 48.3 Å². The minimum atomic E-state index is -0.594. The minimum Gasteiger partial charge on any atom is -0.456 e. The molecule has 0 aromatic rings. The topological polar surface area (TPSA) is 92.8 Å². The molecule has 24 heavy (non-hydrogen) atoms. The van der Waals surface area contributed by atoms with Crippen molar-refractivity contribution in [2.24, 2.45) is 17.8 Å². The molecule has 3 amide bonds. The van der Waals surface area contributed by atoms with Gasteiger partial charge in [-0.05, 0) is 18.8 Å². The molecule has 2 aliphatic rings. The zero-order valence-corrected chi connectivity index (χ0v) is 14.1. The molecule has 7 nitrogen and oxygen atoms in total. The molecule has 0 unspecified atom stereocenters. The van der Waals surface area contributed by atoms with Crippen molar-refractivity contribution in [3.05, 3.63) is 12.2 Å². The summed E-state index contributed by atoms with van der Waals surface area (Å²) >= 11 is 0. The van der Waals surface area contributed by atoms with Gasteiger partial charge in [-0.25, -0.2) is 0 Å². The number of allylic oxidation sites excluding steroid dienone is 2. The van der Waals surface area contributed by atoms with Crippen molar-refractivity contribution in [2.45, 2.75) is 33.1 Å². The van der Waals surface area contributed by atoms with Gasteiger partial charge in [-0.3, -0.25) is 24.1 Å². The Hall–Kier alpha value is -2.18. The Balaban J connectivity index is 1.73. The molecule has 0 spiro atoms. The summed E-state index contributed by atoms with van der Waals surface area (Å²) in [5.74, 6) is -1.64. The molecule has 1 N–H and O–H groups in total. The number of carbonyl (C=O) groups is 4. The van der Waals surface area contributed by atoms with Crippen LogP contribution in [0, 0.1) is 17.8 Å². The van der Waals surface area contributed by atoms with Crippen LogP contribution in [0.15, 0.2) is 12.2 Å². The van der Waals surface area contributed by atoms with Crippen LogP contribution < -0.4 is 5.32 Å². The lowest BCUT2D eigenvalue weighted by Gasteiger charge is -2.14. The van der Waals surface area contributed by atoms with Gasteiger partial charge in [-0.15, -0.1) is 0 Å². The summed E-state index contributed by atoms with van der Waals surface area (Å²) in [6, 6.07) is 0. The van der Waals surface area contributed by atoms with Crippen molar-refractivity contribution in [1.82, 2.24) is 10.2 Å². The minimum absolute atomic E-state index is 0.0110. The second-order valence-corrected chi connectivity index (χ2v) is 6.59.